The smallest absolute Gasteiger partial charge is 0.123 e. The van der Waals surface area contributed by atoms with E-state index in [1.54, 1.807) is 6.07 Å². The quantitative estimate of drug-likeness (QED) is 0.831. The Labute approximate surface area is 112 Å². The Kier molecular flexibility index (Phi) is 2.94. The van der Waals surface area contributed by atoms with Crippen LogP contribution in [0.2, 0.25) is 0 Å². The first kappa shape index (κ1) is 12.4. The molecule has 1 aliphatic rings. The number of fused-ring (bicyclic) bond motifs is 1. The van der Waals surface area contributed by atoms with Crippen LogP contribution in [0.3, 0.4) is 0 Å². The highest BCUT2D eigenvalue weighted by Gasteiger charge is 2.24. The molecule has 1 unspecified atom stereocenters. The molecule has 3 rings (SSSR count). The van der Waals surface area contributed by atoms with Gasteiger partial charge in [0.2, 0.25) is 0 Å². The van der Waals surface area contributed by atoms with Gasteiger partial charge in [-0.05, 0) is 62.9 Å². The van der Waals surface area contributed by atoms with Crippen LogP contribution >= 0.6 is 0 Å². The molecular formula is C16H18FNO. The topological polar surface area (TPSA) is 25.2 Å². The second-order valence-electron chi connectivity index (χ2n) is 5.36. The summed E-state index contributed by atoms with van der Waals surface area (Å²) in [5.41, 5.74) is 5.23. The van der Waals surface area contributed by atoms with Crippen LogP contribution in [0.5, 0.6) is 0 Å². The number of benzene rings is 1. The molecule has 1 aromatic heterocycles. The maximum absolute atomic E-state index is 13.2. The number of aromatic nitrogens is 1. The minimum absolute atomic E-state index is 0.208. The molecule has 0 saturated heterocycles. The highest BCUT2D eigenvalue weighted by atomic mass is 19.1. The van der Waals surface area contributed by atoms with Crippen molar-refractivity contribution in [3.63, 3.8) is 0 Å². The fraction of sp³-hybridized carbons (Fsp3) is 0.375. The zero-order valence-corrected chi connectivity index (χ0v) is 11.3. The van der Waals surface area contributed by atoms with Crippen molar-refractivity contribution in [3.8, 4) is 5.69 Å². The average molecular weight is 259 g/mol. The molecule has 0 fully saturated rings. The summed E-state index contributed by atoms with van der Waals surface area (Å²) < 4.78 is 15.4. The standard InChI is InChI=1S/C16H18FNO/c1-10-8-12(17)6-7-14(10)18-11(2)9-13-15(18)4-3-5-16(13)19/h6-9,16,19H,3-5H2,1-2H3. The lowest BCUT2D eigenvalue weighted by atomic mass is 9.95. The van der Waals surface area contributed by atoms with Crippen molar-refractivity contribution in [1.29, 1.82) is 0 Å². The molecule has 0 amide bonds. The second kappa shape index (κ2) is 4.49. The Hall–Kier alpha value is -1.61. The predicted molar refractivity (Wildman–Crippen MR) is 73.1 cm³/mol. The van der Waals surface area contributed by atoms with E-state index < -0.39 is 0 Å². The number of nitrogens with zero attached hydrogens (tertiary/aromatic N) is 1. The first-order chi connectivity index (χ1) is 9.08. The van der Waals surface area contributed by atoms with Crippen molar-refractivity contribution in [2.45, 2.75) is 39.2 Å². The number of hydrogen-bond donors (Lipinski definition) is 1. The Morgan fingerprint density at radius 2 is 2.05 bits per heavy atom. The zero-order chi connectivity index (χ0) is 13.6. The van der Waals surface area contributed by atoms with E-state index in [0.717, 1.165) is 41.8 Å². The van der Waals surface area contributed by atoms with E-state index in [4.69, 9.17) is 0 Å². The van der Waals surface area contributed by atoms with Crippen LogP contribution in [0.25, 0.3) is 5.69 Å². The van der Waals surface area contributed by atoms with Crippen molar-refractivity contribution < 1.29 is 9.50 Å². The van der Waals surface area contributed by atoms with Crippen LogP contribution in [-0.2, 0) is 6.42 Å². The maximum Gasteiger partial charge on any atom is 0.123 e. The van der Waals surface area contributed by atoms with E-state index in [-0.39, 0.29) is 11.9 Å². The molecule has 2 nitrogen and oxygen atoms in total. The summed E-state index contributed by atoms with van der Waals surface area (Å²) in [6.45, 7) is 3.96. The van der Waals surface area contributed by atoms with Crippen LogP contribution in [0.15, 0.2) is 24.3 Å². The minimum atomic E-state index is -0.357. The zero-order valence-electron chi connectivity index (χ0n) is 11.3. The lowest BCUT2D eigenvalue weighted by Gasteiger charge is -2.21. The van der Waals surface area contributed by atoms with Gasteiger partial charge in [-0.15, -0.1) is 0 Å². The Bertz CT molecular complexity index is 630. The van der Waals surface area contributed by atoms with Crippen molar-refractivity contribution in [1.82, 2.24) is 4.57 Å². The SMILES string of the molecule is Cc1cc(F)ccc1-n1c(C)cc2c1CCCC2O. The number of aliphatic hydroxyl groups is 1. The Morgan fingerprint density at radius 1 is 1.26 bits per heavy atom. The van der Waals surface area contributed by atoms with Crippen LogP contribution in [0, 0.1) is 19.7 Å². The highest BCUT2D eigenvalue weighted by Crippen LogP contribution is 2.34. The van der Waals surface area contributed by atoms with Crippen molar-refractivity contribution in [2.75, 3.05) is 0 Å². The molecule has 0 aliphatic heterocycles. The van der Waals surface area contributed by atoms with Gasteiger partial charge in [0, 0.05) is 22.6 Å². The first-order valence-corrected chi connectivity index (χ1v) is 6.73. The van der Waals surface area contributed by atoms with Crippen molar-refractivity contribution >= 4 is 0 Å². The largest absolute Gasteiger partial charge is 0.388 e. The normalized spacial score (nSPS) is 18.4. The summed E-state index contributed by atoms with van der Waals surface area (Å²) in [5.74, 6) is -0.208. The third-order valence-electron chi connectivity index (χ3n) is 3.97. The van der Waals surface area contributed by atoms with Crippen LogP contribution < -0.4 is 0 Å². The van der Waals surface area contributed by atoms with E-state index in [0.29, 0.717) is 0 Å². The predicted octanol–water partition coefficient (Wildman–Crippen LogP) is 3.60. The average Bonchev–Trinajstić information content (AvgIpc) is 2.68. The lowest BCUT2D eigenvalue weighted by Crippen LogP contribution is -2.12. The summed E-state index contributed by atoms with van der Waals surface area (Å²) in [7, 11) is 0. The minimum Gasteiger partial charge on any atom is -0.388 e. The number of hydrogen-bond acceptors (Lipinski definition) is 1. The summed E-state index contributed by atoms with van der Waals surface area (Å²) in [6.07, 6.45) is 2.44. The van der Waals surface area contributed by atoms with Gasteiger partial charge in [0.25, 0.3) is 0 Å². The molecule has 1 atom stereocenters. The van der Waals surface area contributed by atoms with Gasteiger partial charge < -0.3 is 9.67 Å². The molecule has 3 heteroatoms. The summed E-state index contributed by atoms with van der Waals surface area (Å²) in [4.78, 5) is 0. The van der Waals surface area contributed by atoms with Gasteiger partial charge in [-0.1, -0.05) is 0 Å². The van der Waals surface area contributed by atoms with E-state index in [1.165, 1.54) is 11.8 Å². The van der Waals surface area contributed by atoms with Gasteiger partial charge in [-0.3, -0.25) is 0 Å². The molecule has 0 spiro atoms. The van der Waals surface area contributed by atoms with Crippen LogP contribution in [0.1, 0.15) is 41.5 Å². The number of rotatable bonds is 1. The molecular weight excluding hydrogens is 241 g/mol. The molecule has 19 heavy (non-hydrogen) atoms. The van der Waals surface area contributed by atoms with Crippen LogP contribution in [-0.4, -0.2) is 9.67 Å². The maximum atomic E-state index is 13.2. The third-order valence-corrected chi connectivity index (χ3v) is 3.97. The molecule has 1 aliphatic carbocycles. The van der Waals surface area contributed by atoms with Gasteiger partial charge in [0.15, 0.2) is 0 Å². The summed E-state index contributed by atoms with van der Waals surface area (Å²) >= 11 is 0. The van der Waals surface area contributed by atoms with Crippen molar-refractivity contribution in [2.24, 2.45) is 0 Å². The Morgan fingerprint density at radius 3 is 2.79 bits per heavy atom. The van der Waals surface area contributed by atoms with E-state index >= 15 is 0 Å². The van der Waals surface area contributed by atoms with Gasteiger partial charge in [0.1, 0.15) is 5.82 Å². The van der Waals surface area contributed by atoms with E-state index in [1.807, 2.05) is 19.9 Å². The fourth-order valence-corrected chi connectivity index (χ4v) is 3.08. The van der Waals surface area contributed by atoms with Gasteiger partial charge in [-0.25, -0.2) is 4.39 Å². The van der Waals surface area contributed by atoms with E-state index in [2.05, 4.69) is 10.6 Å². The highest BCUT2D eigenvalue weighted by molar-refractivity contribution is 5.47. The lowest BCUT2D eigenvalue weighted by molar-refractivity contribution is 0.156. The molecule has 0 bridgehead atoms. The van der Waals surface area contributed by atoms with Gasteiger partial charge >= 0.3 is 0 Å². The Balaban J connectivity index is 2.20. The number of halogens is 1. The number of aliphatic hydroxyl groups excluding tert-OH is 1. The molecule has 2 aromatic rings. The van der Waals surface area contributed by atoms with E-state index in [9.17, 15) is 9.50 Å². The molecule has 100 valence electrons. The first-order valence-electron chi connectivity index (χ1n) is 6.73. The fourth-order valence-electron chi connectivity index (χ4n) is 3.08. The molecule has 1 heterocycles. The van der Waals surface area contributed by atoms with Gasteiger partial charge in [0.05, 0.1) is 6.10 Å². The monoisotopic (exact) mass is 259 g/mol. The second-order valence-corrected chi connectivity index (χ2v) is 5.36. The van der Waals surface area contributed by atoms with Crippen LogP contribution in [0.4, 0.5) is 4.39 Å². The number of aryl methyl sites for hydroxylation is 2. The molecule has 1 N–H and O–H groups in total. The molecule has 0 radical (unpaired) electrons. The summed E-state index contributed by atoms with van der Waals surface area (Å²) in [5, 5.41) is 10.1. The summed E-state index contributed by atoms with van der Waals surface area (Å²) in [6, 6.07) is 6.93. The molecule has 1 aromatic carbocycles. The van der Waals surface area contributed by atoms with Gasteiger partial charge in [-0.2, -0.15) is 0 Å². The molecule has 0 saturated carbocycles. The van der Waals surface area contributed by atoms with Crippen molar-refractivity contribution in [3.05, 3.63) is 52.6 Å². The third kappa shape index (κ3) is 1.98.